The molecular formula is C26H23NO7. The number of β-lactam (4-membered cyclic amide) rings is 1. The Balaban J connectivity index is 1.48. The van der Waals surface area contributed by atoms with E-state index in [4.69, 9.17) is 9.15 Å². The Kier molecular flexibility index (Phi) is 4.57. The third-order valence-corrected chi connectivity index (χ3v) is 7.44. The van der Waals surface area contributed by atoms with Crippen LogP contribution in [0, 0.1) is 11.8 Å². The van der Waals surface area contributed by atoms with Crippen molar-refractivity contribution >= 4 is 33.6 Å². The van der Waals surface area contributed by atoms with Crippen LogP contribution < -0.4 is 10.4 Å². The molecule has 2 aromatic carbocycles. The number of rotatable bonds is 4. The Morgan fingerprint density at radius 1 is 1.12 bits per heavy atom. The van der Waals surface area contributed by atoms with E-state index in [9.17, 15) is 24.6 Å². The van der Waals surface area contributed by atoms with E-state index in [-0.39, 0.29) is 23.6 Å². The number of aliphatic carboxylic acids is 1. The number of carboxylic acid groups (broad SMARTS) is 1. The van der Waals surface area contributed by atoms with Gasteiger partial charge in [0.15, 0.2) is 0 Å². The van der Waals surface area contributed by atoms with E-state index in [0.29, 0.717) is 34.1 Å². The molecule has 0 bridgehead atoms. The number of nitrogens with zero attached hydrogens (tertiary/aromatic N) is 1. The van der Waals surface area contributed by atoms with Gasteiger partial charge in [-0.2, -0.15) is 0 Å². The fourth-order valence-electron chi connectivity index (χ4n) is 6.10. The van der Waals surface area contributed by atoms with Crippen molar-refractivity contribution in [1.82, 2.24) is 4.90 Å². The second-order valence-corrected chi connectivity index (χ2v) is 9.28. The van der Waals surface area contributed by atoms with Crippen LogP contribution in [0.3, 0.4) is 0 Å². The Morgan fingerprint density at radius 3 is 2.65 bits per heavy atom. The van der Waals surface area contributed by atoms with Gasteiger partial charge in [-0.1, -0.05) is 24.3 Å². The maximum absolute atomic E-state index is 12.7. The van der Waals surface area contributed by atoms with E-state index >= 15 is 0 Å². The zero-order valence-electron chi connectivity index (χ0n) is 18.4. The summed E-state index contributed by atoms with van der Waals surface area (Å²) in [4.78, 5) is 39.0. The lowest BCUT2D eigenvalue weighted by molar-refractivity contribution is -0.163. The van der Waals surface area contributed by atoms with Crippen molar-refractivity contribution < 1.29 is 29.0 Å². The maximum atomic E-state index is 12.7. The number of ether oxygens (including phenoxy) is 1. The minimum Gasteiger partial charge on any atom is -0.485 e. The number of aliphatic hydroxyl groups is 1. The number of benzene rings is 2. The molecule has 1 saturated carbocycles. The van der Waals surface area contributed by atoms with Gasteiger partial charge in [0.2, 0.25) is 5.91 Å². The molecule has 3 heterocycles. The number of fused-ring (bicyclic) bond motifs is 6. The molecule has 1 saturated heterocycles. The first kappa shape index (κ1) is 20.9. The molecular weight excluding hydrogens is 438 g/mol. The Bertz CT molecular complexity index is 1450. The zero-order chi connectivity index (χ0) is 23.7. The molecule has 6 rings (SSSR count). The molecule has 4 unspecified atom stereocenters. The fraction of sp³-hybridized carbons (Fsp3) is 0.346. The molecule has 34 heavy (non-hydrogen) atoms. The van der Waals surface area contributed by atoms with Crippen LogP contribution in [-0.2, 0) is 9.59 Å². The lowest BCUT2D eigenvalue weighted by Crippen LogP contribution is -2.64. The molecule has 5 atom stereocenters. The average Bonchev–Trinajstić information content (AvgIpc) is 3.11. The first-order valence-corrected chi connectivity index (χ1v) is 11.5. The van der Waals surface area contributed by atoms with Crippen molar-refractivity contribution in [2.24, 2.45) is 11.8 Å². The molecule has 0 spiro atoms. The van der Waals surface area contributed by atoms with Crippen molar-refractivity contribution in [2.75, 3.05) is 0 Å². The molecule has 2 fully saturated rings. The smallest absolute Gasteiger partial charge is 0.352 e. The van der Waals surface area contributed by atoms with Gasteiger partial charge in [0.1, 0.15) is 23.1 Å². The quantitative estimate of drug-likeness (QED) is 0.348. The highest BCUT2D eigenvalue weighted by Gasteiger charge is 2.62. The van der Waals surface area contributed by atoms with E-state index in [1.165, 1.54) is 4.90 Å². The Morgan fingerprint density at radius 2 is 1.88 bits per heavy atom. The maximum Gasteiger partial charge on any atom is 0.352 e. The van der Waals surface area contributed by atoms with Crippen molar-refractivity contribution in [3.05, 3.63) is 64.2 Å². The minimum atomic E-state index is -1.17. The van der Waals surface area contributed by atoms with Crippen LogP contribution in [0.15, 0.2) is 62.9 Å². The largest absolute Gasteiger partial charge is 0.485 e. The number of para-hydroxylation sites is 1. The van der Waals surface area contributed by atoms with Crippen LogP contribution in [0.4, 0.5) is 0 Å². The van der Waals surface area contributed by atoms with E-state index < -0.39 is 29.7 Å². The number of amides is 1. The summed E-state index contributed by atoms with van der Waals surface area (Å²) in [5.74, 6) is -1.84. The summed E-state index contributed by atoms with van der Waals surface area (Å²) in [5.41, 5.74) is 0.552. The van der Waals surface area contributed by atoms with Gasteiger partial charge in [0.05, 0.1) is 23.4 Å². The minimum absolute atomic E-state index is 0.0220. The Hall–Kier alpha value is -3.65. The van der Waals surface area contributed by atoms with Crippen LogP contribution in [0.25, 0.3) is 21.7 Å². The van der Waals surface area contributed by atoms with Gasteiger partial charge in [0.25, 0.3) is 0 Å². The predicted octanol–water partition coefficient (Wildman–Crippen LogP) is 3.05. The first-order chi connectivity index (χ1) is 16.4. The topological polar surface area (TPSA) is 117 Å². The zero-order valence-corrected chi connectivity index (χ0v) is 18.4. The summed E-state index contributed by atoms with van der Waals surface area (Å²) in [6.07, 6.45) is 0.699. The Labute approximate surface area is 194 Å². The lowest BCUT2D eigenvalue weighted by atomic mass is 9.71. The van der Waals surface area contributed by atoms with Crippen LogP contribution in [0.2, 0.25) is 0 Å². The van der Waals surface area contributed by atoms with E-state index in [1.54, 1.807) is 37.3 Å². The SMILES string of the molecule is CC(O)C1C(=O)N2C(C(=O)O)=C3C(CCC[C@@H]3Oc3cccc4c(=O)oc5ccccc5c34)C12. The van der Waals surface area contributed by atoms with Crippen molar-refractivity contribution in [2.45, 2.75) is 44.4 Å². The van der Waals surface area contributed by atoms with Gasteiger partial charge >= 0.3 is 11.6 Å². The van der Waals surface area contributed by atoms with Gasteiger partial charge in [-0.3, -0.25) is 4.79 Å². The fourth-order valence-corrected chi connectivity index (χ4v) is 6.10. The number of hydrogen-bond acceptors (Lipinski definition) is 6. The van der Waals surface area contributed by atoms with Gasteiger partial charge < -0.3 is 24.3 Å². The summed E-state index contributed by atoms with van der Waals surface area (Å²) < 4.78 is 11.9. The molecule has 8 heteroatoms. The first-order valence-electron chi connectivity index (χ1n) is 11.5. The standard InChI is InChI=1S/C26H23NO7/c1-12(28)19-22-14-7-4-11-18(21(14)23(25(30)31)27(22)24(19)29)33-17-10-5-8-15-20(17)13-6-2-3-9-16(13)34-26(15)32/h2-3,5-6,8-10,12,14,18-19,22,28H,4,7,11H2,1H3,(H,30,31)/t12?,14?,18-,19?,22?/m0/s1. The van der Waals surface area contributed by atoms with Crippen LogP contribution >= 0.6 is 0 Å². The second-order valence-electron chi connectivity index (χ2n) is 9.28. The molecule has 1 amide bonds. The highest BCUT2D eigenvalue weighted by molar-refractivity contribution is 6.07. The summed E-state index contributed by atoms with van der Waals surface area (Å²) in [7, 11) is 0. The van der Waals surface area contributed by atoms with Crippen molar-refractivity contribution in [3.8, 4) is 5.75 Å². The van der Waals surface area contributed by atoms with Crippen molar-refractivity contribution in [3.63, 3.8) is 0 Å². The van der Waals surface area contributed by atoms with Crippen LogP contribution in [0.1, 0.15) is 26.2 Å². The highest BCUT2D eigenvalue weighted by atomic mass is 16.5. The molecule has 174 valence electrons. The van der Waals surface area contributed by atoms with E-state index in [1.807, 2.05) is 12.1 Å². The molecule has 1 aromatic heterocycles. The van der Waals surface area contributed by atoms with Gasteiger partial charge in [-0.25, -0.2) is 9.59 Å². The summed E-state index contributed by atoms with van der Waals surface area (Å²) >= 11 is 0. The van der Waals surface area contributed by atoms with Crippen LogP contribution in [0.5, 0.6) is 5.75 Å². The summed E-state index contributed by atoms with van der Waals surface area (Å²) in [6, 6.07) is 12.0. The van der Waals surface area contributed by atoms with Crippen molar-refractivity contribution in [1.29, 1.82) is 0 Å². The number of aliphatic hydroxyl groups excluding tert-OH is 1. The van der Waals surface area contributed by atoms with Crippen LogP contribution in [-0.4, -0.2) is 45.2 Å². The molecule has 8 nitrogen and oxygen atoms in total. The number of carbonyl (C=O) groups excluding carboxylic acids is 1. The van der Waals surface area contributed by atoms with Gasteiger partial charge in [-0.05, 0) is 44.4 Å². The van der Waals surface area contributed by atoms with Gasteiger partial charge in [0, 0.05) is 22.3 Å². The molecule has 0 radical (unpaired) electrons. The molecule has 2 aliphatic heterocycles. The normalized spacial score (nSPS) is 26.9. The predicted molar refractivity (Wildman–Crippen MR) is 122 cm³/mol. The van der Waals surface area contributed by atoms with Gasteiger partial charge in [-0.15, -0.1) is 0 Å². The number of carbonyl (C=O) groups is 2. The molecule has 2 N–H and O–H groups in total. The average molecular weight is 461 g/mol. The third kappa shape index (κ3) is 2.78. The van der Waals surface area contributed by atoms with E-state index in [0.717, 1.165) is 18.2 Å². The molecule has 1 aliphatic carbocycles. The lowest BCUT2D eigenvalue weighted by Gasteiger charge is -2.47. The number of carboxylic acids is 1. The molecule has 3 aromatic rings. The highest BCUT2D eigenvalue weighted by Crippen LogP contribution is 2.53. The third-order valence-electron chi connectivity index (χ3n) is 7.44. The summed E-state index contributed by atoms with van der Waals surface area (Å²) in [6.45, 7) is 1.57. The second kappa shape index (κ2) is 7.43. The van der Waals surface area contributed by atoms with E-state index in [2.05, 4.69) is 0 Å². The monoisotopic (exact) mass is 461 g/mol. The summed E-state index contributed by atoms with van der Waals surface area (Å²) in [5, 5.41) is 21.9. The number of hydrogen-bond donors (Lipinski definition) is 2. The molecule has 3 aliphatic rings.